The number of hydrogen-bond acceptors (Lipinski definition) is 4. The van der Waals surface area contributed by atoms with Crippen LogP contribution in [0.15, 0.2) is 211 Å². The lowest BCUT2D eigenvalue weighted by atomic mass is 9.93. The van der Waals surface area contributed by atoms with Crippen LogP contribution in [0.5, 0.6) is 0 Å². The van der Waals surface area contributed by atoms with Crippen LogP contribution in [-0.2, 0) is 0 Å². The van der Waals surface area contributed by atoms with Crippen LogP contribution >= 0.6 is 0 Å². The molecule has 4 nitrogen and oxygen atoms in total. The van der Waals surface area contributed by atoms with Crippen molar-refractivity contribution in [3.8, 4) is 67.5 Å². The monoisotopic (exact) mass is 791 g/mol. The number of hydrogen-bond donors (Lipinski definition) is 0. The van der Waals surface area contributed by atoms with Crippen molar-refractivity contribution in [2.24, 2.45) is 0 Å². The van der Waals surface area contributed by atoms with Crippen molar-refractivity contribution >= 4 is 54.3 Å². The Balaban J connectivity index is 1.03. The average Bonchev–Trinajstić information content (AvgIpc) is 3.73. The molecule has 0 bridgehead atoms. The standard InChI is InChI=1S/C58H37N3O/c1-36-24-26-38(27-25-36)40-15-10-17-42(33-40)56-59-57(43-28-30-50-48-20-6-5-18-46(48)47-19-7-8-21-49(47)52(50)34-43)61-58(60-56)44-29-31-51-54(35-44)62-53-23-11-22-45(55(51)53)41-16-9-14-39(32-41)37-12-3-2-4-13-37/h2-35H,1H3. The third-order valence-corrected chi connectivity index (χ3v) is 12.2. The molecule has 2 heterocycles. The number of furan rings is 1. The van der Waals surface area contributed by atoms with Gasteiger partial charge >= 0.3 is 0 Å². The molecule has 0 aliphatic heterocycles. The fourth-order valence-electron chi connectivity index (χ4n) is 9.10. The van der Waals surface area contributed by atoms with Crippen molar-refractivity contribution < 1.29 is 4.42 Å². The van der Waals surface area contributed by atoms with E-state index in [0.29, 0.717) is 17.5 Å². The van der Waals surface area contributed by atoms with Gasteiger partial charge in [-0.3, -0.25) is 0 Å². The maximum Gasteiger partial charge on any atom is 0.164 e. The van der Waals surface area contributed by atoms with Crippen molar-refractivity contribution in [2.75, 3.05) is 0 Å². The van der Waals surface area contributed by atoms with E-state index in [9.17, 15) is 0 Å². The maximum absolute atomic E-state index is 6.65. The summed E-state index contributed by atoms with van der Waals surface area (Å²) in [5, 5.41) is 9.38. The number of fused-ring (bicyclic) bond motifs is 9. The van der Waals surface area contributed by atoms with Crippen LogP contribution in [0.3, 0.4) is 0 Å². The molecule has 0 amide bonds. The van der Waals surface area contributed by atoms with Gasteiger partial charge < -0.3 is 4.42 Å². The Morgan fingerprint density at radius 3 is 1.40 bits per heavy atom. The molecular formula is C58H37N3O. The number of rotatable bonds is 6. The highest BCUT2D eigenvalue weighted by atomic mass is 16.3. The van der Waals surface area contributed by atoms with Gasteiger partial charge in [-0.2, -0.15) is 0 Å². The second kappa shape index (κ2) is 14.5. The van der Waals surface area contributed by atoms with Crippen LogP contribution in [0, 0.1) is 6.92 Å². The molecule has 62 heavy (non-hydrogen) atoms. The summed E-state index contributed by atoms with van der Waals surface area (Å²) in [5.74, 6) is 1.79. The van der Waals surface area contributed by atoms with Crippen LogP contribution in [-0.4, -0.2) is 15.0 Å². The van der Waals surface area contributed by atoms with Gasteiger partial charge in [0.25, 0.3) is 0 Å². The highest BCUT2D eigenvalue weighted by Gasteiger charge is 2.18. The lowest BCUT2D eigenvalue weighted by molar-refractivity contribution is 0.669. The van der Waals surface area contributed by atoms with E-state index in [1.165, 1.54) is 43.6 Å². The Bertz CT molecular complexity index is 3660. The number of nitrogens with zero attached hydrogens (tertiary/aromatic N) is 3. The Labute approximate surface area is 358 Å². The third kappa shape index (κ3) is 6.12. The Morgan fingerprint density at radius 2 is 0.742 bits per heavy atom. The summed E-state index contributed by atoms with van der Waals surface area (Å²) in [6.45, 7) is 2.11. The minimum Gasteiger partial charge on any atom is -0.456 e. The number of benzene rings is 10. The highest BCUT2D eigenvalue weighted by Crippen LogP contribution is 2.41. The second-order valence-electron chi connectivity index (χ2n) is 16.0. The summed E-state index contributed by atoms with van der Waals surface area (Å²) in [6.07, 6.45) is 0. The molecule has 290 valence electrons. The smallest absolute Gasteiger partial charge is 0.164 e. The van der Waals surface area contributed by atoms with E-state index < -0.39 is 0 Å². The van der Waals surface area contributed by atoms with Gasteiger partial charge in [0.1, 0.15) is 11.2 Å². The van der Waals surface area contributed by atoms with Crippen LogP contribution < -0.4 is 0 Å². The van der Waals surface area contributed by atoms with Crippen LogP contribution in [0.4, 0.5) is 0 Å². The van der Waals surface area contributed by atoms with E-state index in [4.69, 9.17) is 19.4 Å². The van der Waals surface area contributed by atoms with Gasteiger partial charge in [-0.25, -0.2) is 15.0 Å². The molecule has 0 spiro atoms. The van der Waals surface area contributed by atoms with Gasteiger partial charge in [0.15, 0.2) is 17.5 Å². The molecule has 12 aromatic rings. The zero-order chi connectivity index (χ0) is 41.1. The number of aryl methyl sites for hydroxylation is 1. The minimum absolute atomic E-state index is 0.576. The van der Waals surface area contributed by atoms with E-state index in [1.807, 2.05) is 6.07 Å². The summed E-state index contributed by atoms with van der Waals surface area (Å²) in [6, 6.07) is 72.9. The predicted octanol–water partition coefficient (Wildman–Crippen LogP) is 15.5. The minimum atomic E-state index is 0.576. The Kier molecular flexibility index (Phi) is 8.36. The fraction of sp³-hybridized carbons (Fsp3) is 0.0172. The SMILES string of the molecule is Cc1ccc(-c2cccc(-c3nc(-c4ccc5c(c4)oc4cccc(-c6cccc(-c7ccccc7)c6)c45)nc(-c4ccc5c6ccccc6c6ccccc6c5c4)n3)c2)cc1. The largest absolute Gasteiger partial charge is 0.456 e. The van der Waals surface area contributed by atoms with E-state index in [0.717, 1.165) is 66.3 Å². The first-order chi connectivity index (χ1) is 30.6. The average molecular weight is 792 g/mol. The second-order valence-corrected chi connectivity index (χ2v) is 16.0. The molecule has 0 aliphatic rings. The van der Waals surface area contributed by atoms with Crippen LogP contribution in [0.25, 0.3) is 122 Å². The van der Waals surface area contributed by atoms with Crippen LogP contribution in [0.1, 0.15) is 5.56 Å². The predicted molar refractivity (Wildman–Crippen MR) is 257 cm³/mol. The quantitative estimate of drug-likeness (QED) is 0.157. The first kappa shape index (κ1) is 35.7. The van der Waals surface area contributed by atoms with E-state index in [1.54, 1.807) is 0 Å². The molecule has 0 unspecified atom stereocenters. The van der Waals surface area contributed by atoms with Crippen molar-refractivity contribution in [1.82, 2.24) is 15.0 Å². The van der Waals surface area contributed by atoms with Gasteiger partial charge in [0, 0.05) is 27.5 Å². The number of aromatic nitrogens is 3. The summed E-state index contributed by atoms with van der Waals surface area (Å²) in [7, 11) is 0. The molecule has 0 atom stereocenters. The first-order valence-electron chi connectivity index (χ1n) is 21.0. The van der Waals surface area contributed by atoms with Crippen molar-refractivity contribution in [3.05, 3.63) is 212 Å². The van der Waals surface area contributed by atoms with E-state index in [-0.39, 0.29) is 0 Å². The van der Waals surface area contributed by atoms with Crippen molar-refractivity contribution in [2.45, 2.75) is 6.92 Å². The van der Waals surface area contributed by atoms with E-state index >= 15 is 0 Å². The van der Waals surface area contributed by atoms with Gasteiger partial charge in [-0.15, -0.1) is 0 Å². The normalized spacial score (nSPS) is 11.6. The highest BCUT2D eigenvalue weighted by molar-refractivity contribution is 6.25. The van der Waals surface area contributed by atoms with Gasteiger partial charge in [-0.05, 0) is 109 Å². The summed E-state index contributed by atoms with van der Waals surface area (Å²) < 4.78 is 6.65. The Hall–Kier alpha value is -8.21. The lowest BCUT2D eigenvalue weighted by Crippen LogP contribution is -2.00. The van der Waals surface area contributed by atoms with Gasteiger partial charge in [0.05, 0.1) is 0 Å². The first-order valence-corrected chi connectivity index (χ1v) is 21.0. The van der Waals surface area contributed by atoms with Crippen molar-refractivity contribution in [1.29, 1.82) is 0 Å². The third-order valence-electron chi connectivity index (χ3n) is 12.2. The fourth-order valence-corrected chi connectivity index (χ4v) is 9.10. The molecule has 0 fully saturated rings. The molecular weight excluding hydrogens is 755 g/mol. The van der Waals surface area contributed by atoms with Gasteiger partial charge in [-0.1, -0.05) is 175 Å². The van der Waals surface area contributed by atoms with Crippen LogP contribution in [0.2, 0.25) is 0 Å². The molecule has 0 saturated carbocycles. The van der Waals surface area contributed by atoms with Crippen molar-refractivity contribution in [3.63, 3.8) is 0 Å². The van der Waals surface area contributed by atoms with E-state index in [2.05, 4.69) is 207 Å². The lowest BCUT2D eigenvalue weighted by Gasteiger charge is -2.13. The summed E-state index contributed by atoms with van der Waals surface area (Å²) in [4.78, 5) is 15.7. The molecule has 2 aromatic heterocycles. The maximum atomic E-state index is 6.65. The molecule has 0 radical (unpaired) electrons. The molecule has 10 aromatic carbocycles. The molecule has 4 heteroatoms. The topological polar surface area (TPSA) is 51.8 Å². The molecule has 0 saturated heterocycles. The Morgan fingerprint density at radius 1 is 0.290 bits per heavy atom. The summed E-state index contributed by atoms with van der Waals surface area (Å²) in [5.41, 5.74) is 12.4. The summed E-state index contributed by atoms with van der Waals surface area (Å²) >= 11 is 0. The van der Waals surface area contributed by atoms with Gasteiger partial charge in [0.2, 0.25) is 0 Å². The zero-order valence-corrected chi connectivity index (χ0v) is 33.9. The molecule has 12 rings (SSSR count). The zero-order valence-electron chi connectivity index (χ0n) is 33.9. The molecule has 0 N–H and O–H groups in total. The molecule has 0 aliphatic carbocycles.